The lowest BCUT2D eigenvalue weighted by molar-refractivity contribution is -0.139. The Morgan fingerprint density at radius 2 is 1.79 bits per heavy atom. The lowest BCUT2D eigenvalue weighted by atomic mass is 9.87. The average molecular weight is 460 g/mol. The highest BCUT2D eigenvalue weighted by molar-refractivity contribution is 5.80. The number of para-hydroxylation sites is 1. The zero-order valence-electron chi connectivity index (χ0n) is 21.0. The van der Waals surface area contributed by atoms with Gasteiger partial charge in [0.25, 0.3) is 5.56 Å². The zero-order valence-corrected chi connectivity index (χ0v) is 21.0. The molecule has 180 valence electrons. The molecule has 1 aromatic heterocycles. The van der Waals surface area contributed by atoms with E-state index in [0.29, 0.717) is 29.2 Å². The minimum Gasteiger partial charge on any atom is -0.333 e. The highest BCUT2D eigenvalue weighted by Gasteiger charge is 2.32. The zero-order chi connectivity index (χ0) is 24.2. The minimum absolute atomic E-state index is 0.0722. The molecule has 1 amide bonds. The van der Waals surface area contributed by atoms with Crippen molar-refractivity contribution in [3.63, 3.8) is 0 Å². The summed E-state index contributed by atoms with van der Waals surface area (Å²) in [5.74, 6) is 1.40. The predicted octanol–water partition coefficient (Wildman–Crippen LogP) is 6.21. The fraction of sp³-hybridized carbons (Fsp3) is 0.483. The first-order valence-corrected chi connectivity index (χ1v) is 12.8. The van der Waals surface area contributed by atoms with Crippen LogP contribution in [0.25, 0.3) is 16.6 Å². The monoisotopic (exact) mass is 459 g/mol. The summed E-state index contributed by atoms with van der Waals surface area (Å²) >= 11 is 0. The van der Waals surface area contributed by atoms with Gasteiger partial charge in [-0.1, -0.05) is 57.4 Å². The van der Waals surface area contributed by atoms with Crippen LogP contribution in [0.2, 0.25) is 0 Å². The summed E-state index contributed by atoms with van der Waals surface area (Å²) < 4.78 is 1.72. The molecule has 1 heterocycles. The molecule has 0 spiro atoms. The number of amides is 1. The Labute approximate surface area is 202 Å². The Bertz CT molecular complexity index is 1210. The molecule has 3 aromatic rings. The fourth-order valence-electron chi connectivity index (χ4n) is 5.06. The molecule has 1 atom stereocenters. The van der Waals surface area contributed by atoms with E-state index in [4.69, 9.17) is 4.98 Å². The van der Waals surface area contributed by atoms with Gasteiger partial charge in [-0.2, -0.15) is 0 Å². The van der Waals surface area contributed by atoms with Crippen LogP contribution in [0.15, 0.2) is 53.3 Å². The van der Waals surface area contributed by atoms with E-state index in [1.807, 2.05) is 67.3 Å². The van der Waals surface area contributed by atoms with E-state index in [9.17, 15) is 9.59 Å². The number of hydrogen-bond acceptors (Lipinski definition) is 3. The predicted molar refractivity (Wildman–Crippen MR) is 138 cm³/mol. The van der Waals surface area contributed by atoms with Crippen molar-refractivity contribution in [1.82, 2.24) is 14.5 Å². The lowest BCUT2D eigenvalue weighted by Crippen LogP contribution is -2.42. The standard InChI is InChI=1S/C29H37N3O2/c1-20(2)17-18-31(28(33)23-12-6-5-7-13-23)22(4)27-30-26-16-9-8-15-25(26)29(34)32(27)24-14-10-11-21(3)19-24/h8-11,14-16,19-20,22-23H,5-7,12-13,17-18H2,1-4H3. The van der Waals surface area contributed by atoms with Gasteiger partial charge in [-0.05, 0) is 68.9 Å². The molecular weight excluding hydrogens is 422 g/mol. The van der Waals surface area contributed by atoms with E-state index >= 15 is 0 Å². The second-order valence-electron chi connectivity index (χ2n) is 10.2. The van der Waals surface area contributed by atoms with Crippen molar-refractivity contribution in [3.8, 4) is 5.69 Å². The van der Waals surface area contributed by atoms with Crippen molar-refractivity contribution >= 4 is 16.8 Å². The second-order valence-corrected chi connectivity index (χ2v) is 10.2. The van der Waals surface area contributed by atoms with E-state index < -0.39 is 0 Å². The van der Waals surface area contributed by atoms with Crippen LogP contribution in [0.3, 0.4) is 0 Å². The summed E-state index contributed by atoms with van der Waals surface area (Å²) in [7, 11) is 0. The lowest BCUT2D eigenvalue weighted by Gasteiger charge is -2.35. The van der Waals surface area contributed by atoms with Crippen molar-refractivity contribution in [2.75, 3.05) is 6.54 Å². The Kier molecular flexibility index (Phi) is 7.50. The van der Waals surface area contributed by atoms with Gasteiger partial charge in [-0.3, -0.25) is 14.2 Å². The van der Waals surface area contributed by atoms with Gasteiger partial charge in [0.2, 0.25) is 5.91 Å². The van der Waals surface area contributed by atoms with Gasteiger partial charge in [-0.15, -0.1) is 0 Å². The molecule has 2 aromatic carbocycles. The van der Waals surface area contributed by atoms with Crippen LogP contribution in [-0.2, 0) is 4.79 Å². The van der Waals surface area contributed by atoms with E-state index in [1.54, 1.807) is 4.57 Å². The van der Waals surface area contributed by atoms with Crippen LogP contribution in [0, 0.1) is 18.8 Å². The molecule has 1 fully saturated rings. The van der Waals surface area contributed by atoms with E-state index in [0.717, 1.165) is 43.4 Å². The topological polar surface area (TPSA) is 55.2 Å². The highest BCUT2D eigenvalue weighted by atomic mass is 16.2. The number of nitrogens with zero attached hydrogens (tertiary/aromatic N) is 3. The number of benzene rings is 2. The first-order chi connectivity index (χ1) is 16.4. The maximum atomic E-state index is 13.8. The molecule has 1 saturated carbocycles. The maximum Gasteiger partial charge on any atom is 0.266 e. The number of hydrogen-bond donors (Lipinski definition) is 0. The SMILES string of the molecule is Cc1cccc(-n2c(C(C)N(CCC(C)C)C(=O)C3CCCCC3)nc3ccccc3c2=O)c1. The summed E-state index contributed by atoms with van der Waals surface area (Å²) in [6.07, 6.45) is 6.28. The summed E-state index contributed by atoms with van der Waals surface area (Å²) in [6, 6.07) is 15.1. The molecule has 0 N–H and O–H groups in total. The number of fused-ring (bicyclic) bond motifs is 1. The van der Waals surface area contributed by atoms with Crippen LogP contribution < -0.4 is 5.56 Å². The molecule has 1 aliphatic rings. The van der Waals surface area contributed by atoms with Crippen LogP contribution in [0.4, 0.5) is 0 Å². The molecule has 1 unspecified atom stereocenters. The minimum atomic E-state index is -0.314. The van der Waals surface area contributed by atoms with Gasteiger partial charge in [0.15, 0.2) is 0 Å². The highest BCUT2D eigenvalue weighted by Crippen LogP contribution is 2.30. The van der Waals surface area contributed by atoms with Gasteiger partial charge in [0.05, 0.1) is 22.6 Å². The normalized spacial score (nSPS) is 15.6. The number of aryl methyl sites for hydroxylation is 1. The summed E-state index contributed by atoms with van der Waals surface area (Å²) in [5, 5.41) is 0.590. The van der Waals surface area contributed by atoms with E-state index in [2.05, 4.69) is 13.8 Å². The molecule has 34 heavy (non-hydrogen) atoms. The Morgan fingerprint density at radius 1 is 1.06 bits per heavy atom. The summed E-state index contributed by atoms with van der Waals surface area (Å²) in [5.41, 5.74) is 2.45. The van der Waals surface area contributed by atoms with E-state index in [-0.39, 0.29) is 23.4 Å². The molecule has 5 heteroatoms. The third-order valence-corrected chi connectivity index (χ3v) is 7.09. The molecule has 0 saturated heterocycles. The van der Waals surface area contributed by atoms with E-state index in [1.165, 1.54) is 6.42 Å². The van der Waals surface area contributed by atoms with Gasteiger partial charge < -0.3 is 4.90 Å². The van der Waals surface area contributed by atoms with Crippen LogP contribution in [-0.4, -0.2) is 26.9 Å². The first-order valence-electron chi connectivity index (χ1n) is 12.8. The Morgan fingerprint density at radius 3 is 2.50 bits per heavy atom. The molecule has 0 bridgehead atoms. The summed E-state index contributed by atoms with van der Waals surface area (Å²) in [6.45, 7) is 9.10. The first kappa shape index (κ1) is 24.2. The third-order valence-electron chi connectivity index (χ3n) is 7.09. The smallest absolute Gasteiger partial charge is 0.266 e. The van der Waals surface area contributed by atoms with Crippen molar-refractivity contribution in [2.24, 2.45) is 11.8 Å². The second kappa shape index (κ2) is 10.5. The van der Waals surface area contributed by atoms with Gasteiger partial charge >= 0.3 is 0 Å². The number of carbonyl (C=O) groups is 1. The van der Waals surface area contributed by atoms with Crippen molar-refractivity contribution in [1.29, 1.82) is 0 Å². The number of carbonyl (C=O) groups excluding carboxylic acids is 1. The quantitative estimate of drug-likeness (QED) is 0.422. The number of rotatable bonds is 7. The molecular formula is C29H37N3O2. The van der Waals surface area contributed by atoms with Gasteiger partial charge in [0.1, 0.15) is 5.82 Å². The van der Waals surface area contributed by atoms with Crippen molar-refractivity contribution in [2.45, 2.75) is 72.3 Å². The fourth-order valence-corrected chi connectivity index (χ4v) is 5.06. The molecule has 5 nitrogen and oxygen atoms in total. The largest absolute Gasteiger partial charge is 0.333 e. The Balaban J connectivity index is 1.85. The average Bonchev–Trinajstić information content (AvgIpc) is 2.84. The Hall–Kier alpha value is -2.95. The van der Waals surface area contributed by atoms with Gasteiger partial charge in [-0.25, -0.2) is 4.98 Å². The van der Waals surface area contributed by atoms with Crippen LogP contribution in [0.1, 0.15) is 76.7 Å². The van der Waals surface area contributed by atoms with Crippen molar-refractivity contribution < 1.29 is 4.79 Å². The molecule has 1 aliphatic carbocycles. The third kappa shape index (κ3) is 5.08. The molecule has 0 radical (unpaired) electrons. The van der Waals surface area contributed by atoms with Gasteiger partial charge in [0, 0.05) is 12.5 Å². The number of aromatic nitrogens is 2. The molecule has 0 aliphatic heterocycles. The van der Waals surface area contributed by atoms with Crippen molar-refractivity contribution in [3.05, 3.63) is 70.3 Å². The van der Waals surface area contributed by atoms with Crippen LogP contribution in [0.5, 0.6) is 0 Å². The van der Waals surface area contributed by atoms with Crippen LogP contribution >= 0.6 is 0 Å². The maximum absolute atomic E-state index is 13.8. The summed E-state index contributed by atoms with van der Waals surface area (Å²) in [4.78, 5) is 34.5. The molecule has 4 rings (SSSR count).